The molecule has 2 aromatic heterocycles. The number of nitrogens with zero attached hydrogens (tertiary/aromatic N) is 6. The normalized spacial score (nSPS) is 15.4. The average Bonchev–Trinajstić information content (AvgIpc) is 3.46. The van der Waals surface area contributed by atoms with Gasteiger partial charge in [0.2, 0.25) is 5.89 Å². The van der Waals surface area contributed by atoms with Gasteiger partial charge in [0, 0.05) is 18.5 Å². The van der Waals surface area contributed by atoms with Crippen molar-refractivity contribution in [3.05, 3.63) is 66.2 Å². The van der Waals surface area contributed by atoms with Gasteiger partial charge in [-0.3, -0.25) is 4.90 Å². The molecule has 0 aliphatic carbocycles. The van der Waals surface area contributed by atoms with Crippen LogP contribution in [-0.2, 0) is 0 Å². The number of halogens is 1. The number of anilines is 1. The van der Waals surface area contributed by atoms with Gasteiger partial charge < -0.3 is 9.42 Å². The highest BCUT2D eigenvalue weighted by Crippen LogP contribution is 2.33. The van der Waals surface area contributed by atoms with E-state index in [2.05, 4.69) is 15.2 Å². The van der Waals surface area contributed by atoms with Crippen LogP contribution in [0.4, 0.5) is 14.9 Å². The molecule has 0 saturated carbocycles. The first kappa shape index (κ1) is 18.3. The minimum Gasteiger partial charge on any atom is -0.337 e. The molecule has 1 unspecified atom stereocenters. The highest BCUT2D eigenvalue weighted by atomic mass is 19.1. The van der Waals surface area contributed by atoms with E-state index in [9.17, 15) is 9.18 Å². The molecule has 4 aromatic rings. The topological polar surface area (TPSA) is 80.3 Å². The van der Waals surface area contributed by atoms with Gasteiger partial charge in [-0.25, -0.2) is 13.9 Å². The van der Waals surface area contributed by atoms with E-state index in [0.29, 0.717) is 30.5 Å². The van der Waals surface area contributed by atoms with Crippen LogP contribution in [-0.4, -0.2) is 43.9 Å². The third kappa shape index (κ3) is 2.81. The van der Waals surface area contributed by atoms with E-state index >= 15 is 0 Å². The summed E-state index contributed by atoms with van der Waals surface area (Å²) >= 11 is 0. The van der Waals surface area contributed by atoms with Crippen molar-refractivity contribution in [3.8, 4) is 5.69 Å². The molecule has 1 fully saturated rings. The zero-order chi connectivity index (χ0) is 20.8. The van der Waals surface area contributed by atoms with E-state index in [0.717, 1.165) is 16.6 Å². The molecule has 30 heavy (non-hydrogen) atoms. The van der Waals surface area contributed by atoms with Gasteiger partial charge in [0.15, 0.2) is 5.82 Å². The monoisotopic (exact) mass is 406 g/mol. The number of rotatable bonds is 4. The van der Waals surface area contributed by atoms with E-state index in [1.165, 1.54) is 6.07 Å². The Balaban J connectivity index is 1.50. The van der Waals surface area contributed by atoms with Gasteiger partial charge in [0.05, 0.1) is 17.4 Å². The Morgan fingerprint density at radius 1 is 1.10 bits per heavy atom. The van der Waals surface area contributed by atoms with Crippen molar-refractivity contribution in [3.63, 3.8) is 0 Å². The van der Waals surface area contributed by atoms with Crippen LogP contribution in [0.3, 0.4) is 0 Å². The zero-order valence-corrected chi connectivity index (χ0v) is 16.5. The molecule has 1 aliphatic rings. The summed E-state index contributed by atoms with van der Waals surface area (Å²) in [5.41, 5.74) is 1.82. The molecule has 9 heteroatoms. The van der Waals surface area contributed by atoms with Crippen LogP contribution in [0.1, 0.15) is 24.7 Å². The molecule has 3 heterocycles. The van der Waals surface area contributed by atoms with Crippen LogP contribution in [0.25, 0.3) is 16.6 Å². The molecule has 8 nitrogen and oxygen atoms in total. The smallest absolute Gasteiger partial charge is 0.325 e. The SMILES string of the molecule is Cc1noc(C(C)N2CCN(c3cccc4c3cnn4-c3ccccc3F)C2=O)n1. The highest BCUT2D eigenvalue weighted by Gasteiger charge is 2.36. The van der Waals surface area contributed by atoms with Gasteiger partial charge in [-0.15, -0.1) is 0 Å². The molecule has 0 bridgehead atoms. The predicted octanol–water partition coefficient (Wildman–Crippen LogP) is 3.86. The Bertz CT molecular complexity index is 1250. The van der Waals surface area contributed by atoms with E-state index in [-0.39, 0.29) is 17.9 Å². The Morgan fingerprint density at radius 3 is 2.67 bits per heavy atom. The number of para-hydroxylation sites is 1. The van der Waals surface area contributed by atoms with Gasteiger partial charge in [-0.2, -0.15) is 10.1 Å². The lowest BCUT2D eigenvalue weighted by Gasteiger charge is -2.22. The standard InChI is InChI=1S/C21H19FN6O2/c1-13(20-24-14(2)25-30-20)26-10-11-27(21(26)29)17-8-5-9-18-15(17)12-23-28(18)19-7-4-3-6-16(19)22/h3-9,12-13H,10-11H2,1-2H3. The third-order valence-corrected chi connectivity index (χ3v) is 5.37. The summed E-state index contributed by atoms with van der Waals surface area (Å²) in [7, 11) is 0. The second kappa shape index (κ2) is 6.94. The molecule has 0 N–H and O–H groups in total. The largest absolute Gasteiger partial charge is 0.337 e. The summed E-state index contributed by atoms with van der Waals surface area (Å²) in [6.07, 6.45) is 1.66. The molecule has 1 atom stereocenters. The fraction of sp³-hybridized carbons (Fsp3) is 0.238. The fourth-order valence-electron chi connectivity index (χ4n) is 3.84. The number of benzene rings is 2. The van der Waals surface area contributed by atoms with Crippen molar-refractivity contribution in [2.75, 3.05) is 18.0 Å². The number of amides is 2. The summed E-state index contributed by atoms with van der Waals surface area (Å²) in [5, 5.41) is 8.97. The first-order chi connectivity index (χ1) is 14.5. The number of carbonyl (C=O) groups excluding carboxylic acids is 1. The lowest BCUT2D eigenvalue weighted by atomic mass is 10.2. The van der Waals surface area contributed by atoms with Crippen LogP contribution in [0.2, 0.25) is 0 Å². The first-order valence-corrected chi connectivity index (χ1v) is 9.64. The van der Waals surface area contributed by atoms with Gasteiger partial charge in [-0.05, 0) is 38.1 Å². The van der Waals surface area contributed by atoms with E-state index < -0.39 is 0 Å². The minimum atomic E-state index is -0.361. The maximum atomic E-state index is 14.3. The van der Waals surface area contributed by atoms with Crippen LogP contribution >= 0.6 is 0 Å². The molecule has 2 aromatic carbocycles. The maximum Gasteiger partial charge on any atom is 0.325 e. The Labute approximate surface area is 171 Å². The van der Waals surface area contributed by atoms with Crippen molar-refractivity contribution in [1.82, 2.24) is 24.8 Å². The molecule has 0 spiro atoms. The molecular formula is C21H19FN6O2. The quantitative estimate of drug-likeness (QED) is 0.514. The predicted molar refractivity (Wildman–Crippen MR) is 108 cm³/mol. The molecule has 1 aliphatic heterocycles. The Kier molecular flexibility index (Phi) is 4.23. The number of aryl methyl sites for hydroxylation is 1. The fourth-order valence-corrected chi connectivity index (χ4v) is 3.84. The first-order valence-electron chi connectivity index (χ1n) is 9.64. The number of carbonyl (C=O) groups is 1. The molecule has 5 rings (SSSR count). The maximum absolute atomic E-state index is 14.3. The summed E-state index contributed by atoms with van der Waals surface area (Å²) in [5.74, 6) is 0.582. The minimum absolute atomic E-state index is 0.149. The molecule has 0 radical (unpaired) electrons. The van der Waals surface area contributed by atoms with Crippen LogP contribution in [0, 0.1) is 12.7 Å². The van der Waals surface area contributed by atoms with E-state index in [4.69, 9.17) is 4.52 Å². The van der Waals surface area contributed by atoms with Crippen molar-refractivity contribution >= 4 is 22.6 Å². The Morgan fingerprint density at radius 2 is 1.90 bits per heavy atom. The third-order valence-electron chi connectivity index (χ3n) is 5.37. The van der Waals surface area contributed by atoms with Crippen LogP contribution in [0.5, 0.6) is 0 Å². The highest BCUT2D eigenvalue weighted by molar-refractivity contribution is 6.03. The van der Waals surface area contributed by atoms with Gasteiger partial charge in [0.25, 0.3) is 0 Å². The number of fused-ring (bicyclic) bond motifs is 1. The van der Waals surface area contributed by atoms with Crippen LogP contribution in [0.15, 0.2) is 53.2 Å². The number of aromatic nitrogens is 4. The summed E-state index contributed by atoms with van der Waals surface area (Å²) in [6, 6.07) is 11.6. The molecule has 152 valence electrons. The summed E-state index contributed by atoms with van der Waals surface area (Å²) < 4.78 is 21.1. The summed E-state index contributed by atoms with van der Waals surface area (Å²) in [4.78, 5) is 20.8. The molecule has 2 amide bonds. The number of hydrogen-bond acceptors (Lipinski definition) is 5. The van der Waals surface area contributed by atoms with Crippen molar-refractivity contribution < 1.29 is 13.7 Å². The van der Waals surface area contributed by atoms with Crippen LogP contribution < -0.4 is 4.90 Å². The average molecular weight is 406 g/mol. The van der Waals surface area contributed by atoms with E-state index in [1.54, 1.807) is 45.8 Å². The lowest BCUT2D eigenvalue weighted by molar-refractivity contribution is 0.190. The second-order valence-electron chi connectivity index (χ2n) is 7.20. The lowest BCUT2D eigenvalue weighted by Crippen LogP contribution is -2.33. The van der Waals surface area contributed by atoms with Gasteiger partial charge >= 0.3 is 6.03 Å². The van der Waals surface area contributed by atoms with Crippen molar-refractivity contribution in [2.45, 2.75) is 19.9 Å². The second-order valence-corrected chi connectivity index (χ2v) is 7.20. The van der Waals surface area contributed by atoms with Gasteiger partial charge in [-0.1, -0.05) is 23.4 Å². The number of hydrogen-bond donors (Lipinski definition) is 0. The summed E-state index contributed by atoms with van der Waals surface area (Å²) in [6.45, 7) is 4.65. The molecule has 1 saturated heterocycles. The van der Waals surface area contributed by atoms with Crippen molar-refractivity contribution in [2.24, 2.45) is 0 Å². The number of urea groups is 1. The molecular weight excluding hydrogens is 387 g/mol. The van der Waals surface area contributed by atoms with E-state index in [1.807, 2.05) is 25.1 Å². The van der Waals surface area contributed by atoms with Gasteiger partial charge in [0.1, 0.15) is 17.5 Å². The Hall–Kier alpha value is -3.75. The zero-order valence-electron chi connectivity index (χ0n) is 16.5. The van der Waals surface area contributed by atoms with Crippen molar-refractivity contribution in [1.29, 1.82) is 0 Å².